The Bertz CT molecular complexity index is 751. The fraction of sp³-hybridized carbons (Fsp3) is 0.333. The summed E-state index contributed by atoms with van der Waals surface area (Å²) in [5.41, 5.74) is 1.93. The molecule has 2 aromatic rings. The van der Waals surface area contributed by atoms with Crippen molar-refractivity contribution in [2.75, 3.05) is 19.7 Å². The minimum atomic E-state index is -0.664. The highest BCUT2D eigenvalue weighted by Gasteiger charge is 2.29. The van der Waals surface area contributed by atoms with Crippen LogP contribution in [0, 0.1) is 0 Å². The Morgan fingerprint density at radius 3 is 2.52 bits per heavy atom. The van der Waals surface area contributed by atoms with E-state index in [9.17, 15) is 9.59 Å². The summed E-state index contributed by atoms with van der Waals surface area (Å²) in [6, 6.07) is 18.6. The van der Waals surface area contributed by atoms with Crippen LogP contribution in [0.15, 0.2) is 60.7 Å². The lowest BCUT2D eigenvalue weighted by atomic mass is 10.1. The van der Waals surface area contributed by atoms with E-state index in [1.165, 1.54) is 0 Å². The second kappa shape index (κ2) is 9.19. The lowest BCUT2D eigenvalue weighted by Gasteiger charge is -2.34. The van der Waals surface area contributed by atoms with Crippen LogP contribution >= 0.6 is 0 Å². The number of alkyl carbamates (subject to hydrolysis) is 1. The van der Waals surface area contributed by atoms with Crippen molar-refractivity contribution in [3.63, 3.8) is 0 Å². The van der Waals surface area contributed by atoms with Gasteiger partial charge in [0.1, 0.15) is 18.8 Å². The number of benzene rings is 2. The smallest absolute Gasteiger partial charge is 0.408 e. The van der Waals surface area contributed by atoms with Gasteiger partial charge in [0.25, 0.3) is 0 Å². The van der Waals surface area contributed by atoms with Crippen molar-refractivity contribution in [2.24, 2.45) is 0 Å². The first-order valence-electron chi connectivity index (χ1n) is 9.06. The molecule has 1 N–H and O–H groups in total. The van der Waals surface area contributed by atoms with Crippen molar-refractivity contribution in [1.82, 2.24) is 10.2 Å². The van der Waals surface area contributed by atoms with E-state index in [0.29, 0.717) is 19.7 Å². The van der Waals surface area contributed by atoms with Crippen molar-refractivity contribution in [1.29, 1.82) is 0 Å². The zero-order chi connectivity index (χ0) is 19.1. The Balaban J connectivity index is 1.49. The molecule has 6 nitrogen and oxygen atoms in total. The van der Waals surface area contributed by atoms with Gasteiger partial charge in [-0.1, -0.05) is 60.7 Å². The number of carbonyl (C=O) groups excluding carboxylic acids is 2. The summed E-state index contributed by atoms with van der Waals surface area (Å²) in [5.74, 6) is -0.143. The van der Waals surface area contributed by atoms with Gasteiger partial charge in [-0.15, -0.1) is 0 Å². The van der Waals surface area contributed by atoms with Crippen LogP contribution in [0.4, 0.5) is 4.79 Å². The first-order chi connectivity index (χ1) is 13.1. The van der Waals surface area contributed by atoms with Crippen molar-refractivity contribution in [3.8, 4) is 0 Å². The SMILES string of the molecule is C[C@@H](NC(=O)OCc1ccccc1)C(=O)N1CCOC(c2ccccc2)C1. The predicted molar refractivity (Wildman–Crippen MR) is 101 cm³/mol. The van der Waals surface area contributed by atoms with E-state index < -0.39 is 12.1 Å². The minimum Gasteiger partial charge on any atom is -0.445 e. The van der Waals surface area contributed by atoms with E-state index in [1.807, 2.05) is 60.7 Å². The molecule has 27 heavy (non-hydrogen) atoms. The molecule has 1 saturated heterocycles. The zero-order valence-corrected chi connectivity index (χ0v) is 15.3. The van der Waals surface area contributed by atoms with Gasteiger partial charge in [0.05, 0.1) is 13.2 Å². The van der Waals surface area contributed by atoms with E-state index in [2.05, 4.69) is 5.32 Å². The summed E-state index contributed by atoms with van der Waals surface area (Å²) < 4.78 is 11.0. The lowest BCUT2D eigenvalue weighted by Crippen LogP contribution is -2.51. The maximum atomic E-state index is 12.7. The Hall–Kier alpha value is -2.86. The maximum Gasteiger partial charge on any atom is 0.408 e. The van der Waals surface area contributed by atoms with Crippen LogP contribution < -0.4 is 5.32 Å². The van der Waals surface area contributed by atoms with Crippen LogP contribution in [0.2, 0.25) is 0 Å². The Morgan fingerprint density at radius 2 is 1.81 bits per heavy atom. The minimum absolute atomic E-state index is 0.143. The van der Waals surface area contributed by atoms with Crippen molar-refractivity contribution in [3.05, 3.63) is 71.8 Å². The Morgan fingerprint density at radius 1 is 1.15 bits per heavy atom. The highest BCUT2D eigenvalue weighted by molar-refractivity contribution is 5.85. The van der Waals surface area contributed by atoms with E-state index in [-0.39, 0.29) is 18.6 Å². The number of ether oxygens (including phenoxy) is 2. The van der Waals surface area contributed by atoms with Crippen molar-refractivity contribution < 1.29 is 19.1 Å². The first kappa shape index (κ1) is 18.9. The Kier molecular flexibility index (Phi) is 6.44. The van der Waals surface area contributed by atoms with Crippen LogP contribution in [0.3, 0.4) is 0 Å². The van der Waals surface area contributed by atoms with Gasteiger partial charge >= 0.3 is 6.09 Å². The van der Waals surface area contributed by atoms with E-state index >= 15 is 0 Å². The molecule has 6 heteroatoms. The molecule has 1 aliphatic heterocycles. The molecule has 0 saturated carbocycles. The van der Waals surface area contributed by atoms with Crippen LogP contribution in [-0.4, -0.2) is 42.6 Å². The average Bonchev–Trinajstić information content (AvgIpc) is 2.73. The number of nitrogens with zero attached hydrogens (tertiary/aromatic N) is 1. The monoisotopic (exact) mass is 368 g/mol. The van der Waals surface area contributed by atoms with Crippen LogP contribution in [0.25, 0.3) is 0 Å². The zero-order valence-electron chi connectivity index (χ0n) is 15.3. The highest BCUT2D eigenvalue weighted by atomic mass is 16.5. The molecule has 1 fully saturated rings. The normalized spacial score (nSPS) is 17.8. The van der Waals surface area contributed by atoms with E-state index in [4.69, 9.17) is 9.47 Å². The predicted octanol–water partition coefficient (Wildman–Crippen LogP) is 2.90. The molecule has 0 radical (unpaired) electrons. The lowest BCUT2D eigenvalue weighted by molar-refractivity contribution is -0.140. The van der Waals surface area contributed by atoms with E-state index in [0.717, 1.165) is 11.1 Å². The molecular formula is C21H24N2O4. The molecule has 2 atom stereocenters. The quantitative estimate of drug-likeness (QED) is 0.881. The molecule has 0 aliphatic carbocycles. The average molecular weight is 368 g/mol. The standard InChI is InChI=1S/C21H24N2O4/c1-16(22-21(25)27-15-17-8-4-2-5-9-17)20(24)23-12-13-26-19(14-23)18-10-6-3-7-11-18/h2-11,16,19H,12-15H2,1H3,(H,22,25)/t16-,19?/m1/s1. The molecule has 142 valence electrons. The molecular weight excluding hydrogens is 344 g/mol. The molecule has 1 aliphatic rings. The molecule has 2 amide bonds. The number of carbonyl (C=O) groups is 2. The van der Waals surface area contributed by atoms with Gasteiger partial charge in [-0.25, -0.2) is 4.79 Å². The molecule has 2 aromatic carbocycles. The first-order valence-corrected chi connectivity index (χ1v) is 9.06. The fourth-order valence-electron chi connectivity index (χ4n) is 3.00. The molecule has 1 heterocycles. The second-order valence-electron chi connectivity index (χ2n) is 6.48. The van der Waals surface area contributed by atoms with Crippen molar-refractivity contribution in [2.45, 2.75) is 25.7 Å². The summed E-state index contributed by atoms with van der Waals surface area (Å²) in [4.78, 5) is 26.4. The third-order valence-corrected chi connectivity index (χ3v) is 4.47. The van der Waals surface area contributed by atoms with Gasteiger partial charge in [-0.3, -0.25) is 4.79 Å². The second-order valence-corrected chi connectivity index (χ2v) is 6.48. The number of hydrogen-bond donors (Lipinski definition) is 1. The van der Waals surface area contributed by atoms with Crippen LogP contribution in [-0.2, 0) is 20.9 Å². The number of morpholine rings is 1. The molecule has 0 bridgehead atoms. The summed E-state index contributed by atoms with van der Waals surface area (Å²) >= 11 is 0. The van der Waals surface area contributed by atoms with Gasteiger partial charge in [-0.05, 0) is 18.1 Å². The number of nitrogens with one attached hydrogen (secondary N) is 1. The number of hydrogen-bond acceptors (Lipinski definition) is 4. The third-order valence-electron chi connectivity index (χ3n) is 4.47. The van der Waals surface area contributed by atoms with Gasteiger partial charge < -0.3 is 19.7 Å². The molecule has 0 aromatic heterocycles. The largest absolute Gasteiger partial charge is 0.445 e. The number of amides is 2. The molecule has 0 spiro atoms. The number of rotatable bonds is 5. The topological polar surface area (TPSA) is 67.9 Å². The van der Waals surface area contributed by atoms with Crippen LogP contribution in [0.1, 0.15) is 24.2 Å². The summed E-state index contributed by atoms with van der Waals surface area (Å²) in [5, 5.41) is 2.61. The molecule has 1 unspecified atom stereocenters. The molecule has 3 rings (SSSR count). The third kappa shape index (κ3) is 5.31. The van der Waals surface area contributed by atoms with Gasteiger partial charge in [0.15, 0.2) is 0 Å². The van der Waals surface area contributed by atoms with Gasteiger partial charge in [0, 0.05) is 6.54 Å². The summed E-state index contributed by atoms with van der Waals surface area (Å²) in [7, 11) is 0. The fourth-order valence-corrected chi connectivity index (χ4v) is 3.00. The van der Waals surface area contributed by atoms with Crippen LogP contribution in [0.5, 0.6) is 0 Å². The van der Waals surface area contributed by atoms with E-state index in [1.54, 1.807) is 11.8 Å². The van der Waals surface area contributed by atoms with Crippen molar-refractivity contribution >= 4 is 12.0 Å². The highest BCUT2D eigenvalue weighted by Crippen LogP contribution is 2.22. The summed E-state index contributed by atoms with van der Waals surface area (Å²) in [6.07, 6.45) is -0.756. The van der Waals surface area contributed by atoms with Gasteiger partial charge in [0.2, 0.25) is 5.91 Å². The maximum absolute atomic E-state index is 12.7. The van der Waals surface area contributed by atoms with Gasteiger partial charge in [-0.2, -0.15) is 0 Å². The Labute approximate surface area is 159 Å². The summed E-state index contributed by atoms with van der Waals surface area (Å²) in [6.45, 7) is 3.28.